The van der Waals surface area contributed by atoms with Gasteiger partial charge in [-0.3, -0.25) is 4.79 Å². The lowest BCUT2D eigenvalue weighted by molar-refractivity contribution is -0.137. The first-order valence-corrected chi connectivity index (χ1v) is 8.57. The summed E-state index contributed by atoms with van der Waals surface area (Å²) in [5.74, 6) is 0.218. The number of carbonyl (C=O) groups is 1. The van der Waals surface area contributed by atoms with Gasteiger partial charge in [0.25, 0.3) is 10.2 Å². The number of nitrogens with zero attached hydrogens (tertiary/aromatic N) is 1. The van der Waals surface area contributed by atoms with Crippen LogP contribution in [-0.2, 0) is 19.7 Å². The summed E-state index contributed by atoms with van der Waals surface area (Å²) in [7, 11) is -3.66. The molecule has 2 heterocycles. The van der Waals surface area contributed by atoms with Crippen LogP contribution in [-0.4, -0.2) is 51.6 Å². The van der Waals surface area contributed by atoms with Gasteiger partial charge in [-0.2, -0.15) is 8.42 Å². The van der Waals surface area contributed by atoms with Gasteiger partial charge in [0.1, 0.15) is 0 Å². The van der Waals surface area contributed by atoms with E-state index in [2.05, 4.69) is 4.72 Å². The van der Waals surface area contributed by atoms with Crippen LogP contribution in [0.1, 0.15) is 26.2 Å². The molecule has 2 rings (SSSR count). The van der Waals surface area contributed by atoms with E-state index in [0.717, 1.165) is 25.8 Å². The highest BCUT2D eigenvalue weighted by atomic mass is 32.2. The molecule has 8 heteroatoms. The van der Waals surface area contributed by atoms with Crippen LogP contribution in [0, 0.1) is 11.8 Å². The van der Waals surface area contributed by atoms with Crippen molar-refractivity contribution in [2.24, 2.45) is 17.0 Å². The van der Waals surface area contributed by atoms with Crippen LogP contribution in [0.15, 0.2) is 0 Å². The van der Waals surface area contributed by atoms with E-state index >= 15 is 0 Å². The zero-order valence-electron chi connectivity index (χ0n) is 11.7. The Labute approximate surface area is 120 Å². The van der Waals surface area contributed by atoms with Crippen LogP contribution in [0.4, 0.5) is 0 Å². The number of carbonyl (C=O) groups excluding carboxylic acids is 1. The van der Waals surface area contributed by atoms with Crippen molar-refractivity contribution in [1.82, 2.24) is 9.62 Å². The Morgan fingerprint density at radius 1 is 1.50 bits per heavy atom. The van der Waals surface area contributed by atoms with E-state index in [1.165, 1.54) is 0 Å². The summed E-state index contributed by atoms with van der Waals surface area (Å²) >= 11 is 0. The van der Waals surface area contributed by atoms with Crippen molar-refractivity contribution in [3.8, 4) is 0 Å². The molecule has 0 radical (unpaired) electrons. The second-order valence-corrected chi connectivity index (χ2v) is 7.14. The maximum absolute atomic E-state index is 12.4. The molecule has 0 aromatic rings. The van der Waals surface area contributed by atoms with E-state index in [4.69, 9.17) is 9.88 Å². The Hall–Kier alpha value is -0.700. The van der Waals surface area contributed by atoms with Crippen LogP contribution in [0.3, 0.4) is 0 Å². The lowest BCUT2D eigenvalue weighted by Crippen LogP contribution is -2.46. The van der Waals surface area contributed by atoms with Crippen molar-refractivity contribution < 1.29 is 17.9 Å². The SMILES string of the molecule is CC1CC(C(=O)N2CCCC(CNS(N)(=O)=O)C2)CO1. The number of hydrogen-bond donors (Lipinski definition) is 2. The topological polar surface area (TPSA) is 102 Å². The standard InChI is InChI=1S/C12H23N3O4S/c1-9-5-11(8-19-9)12(16)15-4-2-3-10(7-15)6-14-20(13,17)18/h9-11,14H,2-8H2,1H3,(H2,13,17,18). The van der Waals surface area contributed by atoms with Crippen LogP contribution < -0.4 is 9.86 Å². The largest absolute Gasteiger partial charge is 0.378 e. The molecule has 2 aliphatic heterocycles. The molecule has 2 saturated heterocycles. The molecule has 0 bridgehead atoms. The first-order chi connectivity index (χ1) is 9.35. The monoisotopic (exact) mass is 305 g/mol. The highest BCUT2D eigenvalue weighted by Crippen LogP contribution is 2.24. The summed E-state index contributed by atoms with van der Waals surface area (Å²) in [5, 5.41) is 4.93. The second kappa shape index (κ2) is 6.38. The Kier molecular flexibility index (Phi) is 5.00. The number of nitrogens with two attached hydrogens (primary N) is 1. The van der Waals surface area contributed by atoms with Crippen molar-refractivity contribution >= 4 is 16.1 Å². The number of hydrogen-bond acceptors (Lipinski definition) is 4. The maximum Gasteiger partial charge on any atom is 0.274 e. The zero-order chi connectivity index (χ0) is 14.8. The summed E-state index contributed by atoms with van der Waals surface area (Å²) in [5.41, 5.74) is 0. The fraction of sp³-hybridized carbons (Fsp3) is 0.917. The van der Waals surface area contributed by atoms with Gasteiger partial charge in [-0.1, -0.05) is 0 Å². The first kappa shape index (κ1) is 15.7. The minimum Gasteiger partial charge on any atom is -0.378 e. The zero-order valence-corrected chi connectivity index (χ0v) is 12.6. The molecule has 0 aliphatic carbocycles. The Morgan fingerprint density at radius 2 is 2.25 bits per heavy atom. The van der Waals surface area contributed by atoms with Crippen LogP contribution >= 0.6 is 0 Å². The third-order valence-corrected chi connectivity index (χ3v) is 4.52. The molecule has 0 saturated carbocycles. The van der Waals surface area contributed by atoms with Gasteiger partial charge in [0.15, 0.2) is 0 Å². The summed E-state index contributed by atoms with van der Waals surface area (Å²) < 4.78 is 29.6. The molecule has 2 fully saturated rings. The molecule has 20 heavy (non-hydrogen) atoms. The van der Waals surface area contributed by atoms with Crippen LogP contribution in [0.2, 0.25) is 0 Å². The third kappa shape index (κ3) is 4.41. The molecular formula is C12H23N3O4S. The van der Waals surface area contributed by atoms with Gasteiger partial charge in [0, 0.05) is 19.6 Å². The van der Waals surface area contributed by atoms with Gasteiger partial charge in [-0.15, -0.1) is 0 Å². The van der Waals surface area contributed by atoms with E-state index in [-0.39, 0.29) is 23.8 Å². The highest BCUT2D eigenvalue weighted by Gasteiger charge is 2.33. The Bertz CT molecular complexity index is 454. The molecule has 3 N–H and O–H groups in total. The van der Waals surface area contributed by atoms with E-state index in [1.807, 2.05) is 11.8 Å². The van der Waals surface area contributed by atoms with Gasteiger partial charge in [0.2, 0.25) is 5.91 Å². The lowest BCUT2D eigenvalue weighted by atomic mass is 9.96. The van der Waals surface area contributed by atoms with Gasteiger partial charge < -0.3 is 9.64 Å². The molecule has 0 spiro atoms. The fourth-order valence-corrected chi connectivity index (χ4v) is 3.38. The van der Waals surface area contributed by atoms with E-state index in [0.29, 0.717) is 19.7 Å². The molecule has 0 aromatic carbocycles. The average Bonchev–Trinajstić information content (AvgIpc) is 2.82. The van der Waals surface area contributed by atoms with Crippen molar-refractivity contribution in [2.45, 2.75) is 32.3 Å². The number of nitrogens with one attached hydrogen (secondary N) is 1. The number of piperidine rings is 1. The summed E-state index contributed by atoms with van der Waals surface area (Å²) in [6, 6.07) is 0. The lowest BCUT2D eigenvalue weighted by Gasteiger charge is -2.34. The normalized spacial score (nSPS) is 31.5. The van der Waals surface area contributed by atoms with Gasteiger partial charge in [0.05, 0.1) is 18.6 Å². The minimum absolute atomic E-state index is 0.0463. The quantitative estimate of drug-likeness (QED) is 0.727. The molecule has 3 atom stereocenters. The number of ether oxygens (including phenoxy) is 1. The average molecular weight is 305 g/mol. The van der Waals surface area contributed by atoms with Crippen LogP contribution in [0.5, 0.6) is 0 Å². The predicted molar refractivity (Wildman–Crippen MR) is 73.9 cm³/mol. The van der Waals surface area contributed by atoms with Crippen molar-refractivity contribution in [1.29, 1.82) is 0 Å². The van der Waals surface area contributed by atoms with Gasteiger partial charge in [-0.05, 0) is 32.1 Å². The van der Waals surface area contributed by atoms with E-state index in [1.54, 1.807) is 0 Å². The maximum atomic E-state index is 12.4. The summed E-state index contributed by atoms with van der Waals surface area (Å²) in [6.45, 7) is 4.10. The second-order valence-electron chi connectivity index (χ2n) is 5.76. The number of rotatable bonds is 4. The van der Waals surface area contributed by atoms with E-state index in [9.17, 15) is 13.2 Å². The van der Waals surface area contributed by atoms with Crippen LogP contribution in [0.25, 0.3) is 0 Å². The molecule has 3 unspecified atom stereocenters. The smallest absolute Gasteiger partial charge is 0.274 e. The fourth-order valence-electron chi connectivity index (χ4n) is 2.91. The summed E-state index contributed by atoms with van der Waals surface area (Å²) in [6.07, 6.45) is 2.72. The predicted octanol–water partition coefficient (Wildman–Crippen LogP) is -0.557. The Morgan fingerprint density at radius 3 is 2.85 bits per heavy atom. The first-order valence-electron chi connectivity index (χ1n) is 7.03. The molecule has 116 valence electrons. The third-order valence-electron chi connectivity index (χ3n) is 3.95. The van der Waals surface area contributed by atoms with E-state index < -0.39 is 10.2 Å². The Balaban J connectivity index is 1.85. The summed E-state index contributed by atoms with van der Waals surface area (Å²) in [4.78, 5) is 14.2. The number of amides is 1. The molecule has 0 aromatic heterocycles. The minimum atomic E-state index is -3.66. The van der Waals surface area contributed by atoms with Gasteiger partial charge >= 0.3 is 0 Å². The van der Waals surface area contributed by atoms with Crippen molar-refractivity contribution in [3.05, 3.63) is 0 Å². The molecule has 1 amide bonds. The van der Waals surface area contributed by atoms with Crippen molar-refractivity contribution in [2.75, 3.05) is 26.2 Å². The highest BCUT2D eigenvalue weighted by molar-refractivity contribution is 7.87. The molecular weight excluding hydrogens is 282 g/mol. The van der Waals surface area contributed by atoms with Crippen molar-refractivity contribution in [3.63, 3.8) is 0 Å². The molecule has 2 aliphatic rings. The number of likely N-dealkylation sites (tertiary alicyclic amines) is 1. The molecule has 7 nitrogen and oxygen atoms in total. The van der Waals surface area contributed by atoms with Gasteiger partial charge in [-0.25, -0.2) is 9.86 Å².